The fourth-order valence-electron chi connectivity index (χ4n) is 1.44. The van der Waals surface area contributed by atoms with Crippen LogP contribution in [0.5, 0.6) is 0 Å². The molecule has 2 rings (SSSR count). The molecule has 0 bridgehead atoms. The van der Waals surface area contributed by atoms with E-state index in [1.807, 2.05) is 6.92 Å². The summed E-state index contributed by atoms with van der Waals surface area (Å²) in [6.07, 6.45) is 3.00. The maximum Gasteiger partial charge on any atom is 0.353 e. The van der Waals surface area contributed by atoms with Gasteiger partial charge >= 0.3 is 5.97 Å². The number of aryl methyl sites for hydroxylation is 2. The van der Waals surface area contributed by atoms with Crippen LogP contribution in [0, 0.1) is 6.92 Å². The van der Waals surface area contributed by atoms with Crippen LogP contribution in [0.25, 0.3) is 11.5 Å². The summed E-state index contributed by atoms with van der Waals surface area (Å²) in [7, 11) is 1.78. The Morgan fingerprint density at radius 2 is 2.27 bits per heavy atom. The number of nitrogens with zero attached hydrogens (tertiary/aromatic N) is 3. The van der Waals surface area contributed by atoms with E-state index in [-0.39, 0.29) is 5.69 Å². The predicted molar refractivity (Wildman–Crippen MR) is 52.5 cm³/mol. The van der Waals surface area contributed by atoms with E-state index in [1.165, 1.54) is 6.20 Å². The number of carboxylic acids is 1. The maximum absolute atomic E-state index is 10.7. The molecular formula is C9H10N4O2. The Morgan fingerprint density at radius 3 is 2.73 bits per heavy atom. The van der Waals surface area contributed by atoms with Crippen LogP contribution < -0.4 is 0 Å². The average molecular weight is 206 g/mol. The molecule has 6 heteroatoms. The zero-order chi connectivity index (χ0) is 11.0. The second-order valence-corrected chi connectivity index (χ2v) is 3.25. The maximum atomic E-state index is 10.7. The molecule has 2 heterocycles. The number of carbonyl (C=O) groups is 1. The smallest absolute Gasteiger partial charge is 0.353 e. The Kier molecular flexibility index (Phi) is 2.03. The molecule has 0 amide bonds. The summed E-state index contributed by atoms with van der Waals surface area (Å²) >= 11 is 0. The molecule has 0 aliphatic rings. The molecule has 0 aromatic carbocycles. The van der Waals surface area contributed by atoms with Crippen LogP contribution in [0.4, 0.5) is 0 Å². The van der Waals surface area contributed by atoms with Gasteiger partial charge in [-0.25, -0.2) is 9.78 Å². The minimum absolute atomic E-state index is 0.0746. The average Bonchev–Trinajstić information content (AvgIpc) is 2.73. The van der Waals surface area contributed by atoms with E-state index >= 15 is 0 Å². The first-order chi connectivity index (χ1) is 7.09. The first-order valence-electron chi connectivity index (χ1n) is 4.37. The molecule has 0 unspecified atom stereocenters. The molecule has 0 aliphatic carbocycles. The Labute approximate surface area is 85.6 Å². The van der Waals surface area contributed by atoms with Crippen LogP contribution in [-0.4, -0.2) is 30.8 Å². The highest BCUT2D eigenvalue weighted by atomic mass is 16.4. The molecule has 0 aliphatic heterocycles. The van der Waals surface area contributed by atoms with Crippen LogP contribution in [0.1, 0.15) is 16.1 Å². The minimum atomic E-state index is -1.02. The standard InChI is InChI=1S/C9H10N4O2/c1-5-3-11-13(2)7(5)8-10-4-6(12-8)9(14)15/h3-4H,1-2H3,(H,10,12)(H,14,15). The highest BCUT2D eigenvalue weighted by Crippen LogP contribution is 2.18. The van der Waals surface area contributed by atoms with Gasteiger partial charge in [-0.3, -0.25) is 4.68 Å². The van der Waals surface area contributed by atoms with Crippen LogP contribution in [0.2, 0.25) is 0 Å². The summed E-state index contributed by atoms with van der Waals surface area (Å²) in [5.74, 6) is -0.501. The zero-order valence-electron chi connectivity index (χ0n) is 8.35. The monoisotopic (exact) mass is 206 g/mol. The van der Waals surface area contributed by atoms with Gasteiger partial charge in [0.05, 0.1) is 12.4 Å². The van der Waals surface area contributed by atoms with Gasteiger partial charge in [-0.1, -0.05) is 0 Å². The lowest BCUT2D eigenvalue weighted by molar-refractivity contribution is 0.0691. The topological polar surface area (TPSA) is 83.8 Å². The van der Waals surface area contributed by atoms with Crippen molar-refractivity contribution < 1.29 is 9.90 Å². The van der Waals surface area contributed by atoms with E-state index in [0.717, 1.165) is 11.3 Å². The zero-order valence-corrected chi connectivity index (χ0v) is 8.35. The Morgan fingerprint density at radius 1 is 1.53 bits per heavy atom. The van der Waals surface area contributed by atoms with Crippen molar-refractivity contribution in [3.05, 3.63) is 23.7 Å². The predicted octanol–water partition coefficient (Wildman–Crippen LogP) is 0.817. The molecule has 15 heavy (non-hydrogen) atoms. The van der Waals surface area contributed by atoms with E-state index in [2.05, 4.69) is 15.1 Å². The number of nitrogens with one attached hydrogen (secondary N) is 1. The number of aromatic carboxylic acids is 1. The highest BCUT2D eigenvalue weighted by Gasteiger charge is 2.13. The molecule has 0 fully saturated rings. The third-order valence-corrected chi connectivity index (χ3v) is 2.15. The number of rotatable bonds is 2. The number of aromatic amines is 1. The van der Waals surface area contributed by atoms with Crippen molar-refractivity contribution in [3.8, 4) is 11.5 Å². The number of imidazole rings is 1. The molecule has 0 atom stereocenters. The summed E-state index contributed by atoms with van der Waals surface area (Å²) < 4.78 is 1.65. The van der Waals surface area contributed by atoms with Crippen molar-refractivity contribution in [1.29, 1.82) is 0 Å². The number of aromatic nitrogens is 4. The lowest BCUT2D eigenvalue weighted by atomic mass is 10.2. The SMILES string of the molecule is Cc1cnn(C)c1-c1ncc(C(=O)O)[nH]1. The second kappa shape index (κ2) is 3.23. The molecule has 0 spiro atoms. The van der Waals surface area contributed by atoms with Gasteiger partial charge in [-0.2, -0.15) is 5.10 Å². The van der Waals surface area contributed by atoms with Gasteiger partial charge in [0.2, 0.25) is 0 Å². The van der Waals surface area contributed by atoms with E-state index in [1.54, 1.807) is 17.9 Å². The first-order valence-corrected chi connectivity index (χ1v) is 4.37. The molecule has 78 valence electrons. The van der Waals surface area contributed by atoms with Crippen molar-refractivity contribution in [2.24, 2.45) is 7.05 Å². The highest BCUT2D eigenvalue weighted by molar-refractivity contribution is 5.85. The first kappa shape index (κ1) is 9.45. The molecule has 2 aromatic heterocycles. The lowest BCUT2D eigenvalue weighted by Crippen LogP contribution is -1.98. The van der Waals surface area contributed by atoms with Gasteiger partial charge in [0, 0.05) is 7.05 Å². The fourth-order valence-corrected chi connectivity index (χ4v) is 1.44. The molecule has 0 saturated heterocycles. The van der Waals surface area contributed by atoms with E-state index in [4.69, 9.17) is 5.11 Å². The largest absolute Gasteiger partial charge is 0.477 e. The van der Waals surface area contributed by atoms with Crippen LogP contribution in [-0.2, 0) is 7.05 Å². The van der Waals surface area contributed by atoms with Gasteiger partial charge < -0.3 is 10.1 Å². The Hall–Kier alpha value is -2.11. The fraction of sp³-hybridized carbons (Fsp3) is 0.222. The van der Waals surface area contributed by atoms with Crippen molar-refractivity contribution in [2.75, 3.05) is 0 Å². The van der Waals surface area contributed by atoms with Crippen molar-refractivity contribution >= 4 is 5.97 Å². The molecule has 0 radical (unpaired) electrons. The Bertz CT molecular complexity index is 492. The summed E-state index contributed by atoms with van der Waals surface area (Å²) in [6, 6.07) is 0. The van der Waals surface area contributed by atoms with Gasteiger partial charge in [0.15, 0.2) is 5.82 Å². The number of H-pyrrole nitrogens is 1. The van der Waals surface area contributed by atoms with E-state index in [0.29, 0.717) is 5.82 Å². The van der Waals surface area contributed by atoms with E-state index < -0.39 is 5.97 Å². The quantitative estimate of drug-likeness (QED) is 0.761. The summed E-state index contributed by atoms with van der Waals surface area (Å²) in [6.45, 7) is 1.89. The summed E-state index contributed by atoms with van der Waals surface area (Å²) in [5.41, 5.74) is 1.82. The summed E-state index contributed by atoms with van der Waals surface area (Å²) in [4.78, 5) is 17.4. The molecule has 6 nitrogen and oxygen atoms in total. The van der Waals surface area contributed by atoms with Crippen molar-refractivity contribution in [2.45, 2.75) is 6.92 Å². The van der Waals surface area contributed by atoms with E-state index in [9.17, 15) is 4.79 Å². The third kappa shape index (κ3) is 1.50. The Balaban J connectivity index is 2.50. The summed E-state index contributed by atoms with van der Waals surface area (Å²) in [5, 5.41) is 12.8. The second-order valence-electron chi connectivity index (χ2n) is 3.25. The van der Waals surface area contributed by atoms with Crippen LogP contribution in [0.3, 0.4) is 0 Å². The number of hydrogen-bond donors (Lipinski definition) is 2. The third-order valence-electron chi connectivity index (χ3n) is 2.15. The molecule has 2 aromatic rings. The molecule has 2 N–H and O–H groups in total. The molecule has 0 saturated carbocycles. The van der Waals surface area contributed by atoms with Gasteiger partial charge in [-0.05, 0) is 12.5 Å². The number of carboxylic acid groups (broad SMARTS) is 1. The van der Waals surface area contributed by atoms with Crippen molar-refractivity contribution in [1.82, 2.24) is 19.7 Å². The minimum Gasteiger partial charge on any atom is -0.477 e. The van der Waals surface area contributed by atoms with Crippen LogP contribution >= 0.6 is 0 Å². The van der Waals surface area contributed by atoms with Gasteiger partial charge in [0.1, 0.15) is 11.4 Å². The lowest BCUT2D eigenvalue weighted by Gasteiger charge is -1.98. The van der Waals surface area contributed by atoms with Gasteiger partial charge in [0.25, 0.3) is 0 Å². The van der Waals surface area contributed by atoms with Crippen molar-refractivity contribution in [3.63, 3.8) is 0 Å². The van der Waals surface area contributed by atoms with Crippen LogP contribution in [0.15, 0.2) is 12.4 Å². The molecular weight excluding hydrogens is 196 g/mol. The normalized spacial score (nSPS) is 10.5. The van der Waals surface area contributed by atoms with Gasteiger partial charge in [-0.15, -0.1) is 0 Å². The number of hydrogen-bond acceptors (Lipinski definition) is 3.